The van der Waals surface area contributed by atoms with Crippen LogP contribution in [0.5, 0.6) is 0 Å². The lowest BCUT2D eigenvalue weighted by atomic mass is 9.99. The largest absolute Gasteiger partial charge is 0.317 e. The number of nitriles is 1. The van der Waals surface area contributed by atoms with E-state index in [1.54, 1.807) is 11.8 Å². The Hall–Kier alpha value is -1.86. The van der Waals surface area contributed by atoms with Crippen molar-refractivity contribution in [2.24, 2.45) is 0 Å². The Bertz CT molecular complexity index is 545. The lowest BCUT2D eigenvalue weighted by Gasteiger charge is -2.17. The third kappa shape index (κ3) is 2.61. The smallest absolute Gasteiger partial charge is 0.223 e. The van der Waals surface area contributed by atoms with Gasteiger partial charge in [0.15, 0.2) is 0 Å². The Morgan fingerprint density at radius 3 is 2.89 bits per heavy atom. The van der Waals surface area contributed by atoms with E-state index in [1.807, 2.05) is 13.1 Å². The minimum atomic E-state index is 0.00610. The molecule has 100 valence electrons. The SMILES string of the molecule is CNC(C)Cc1cc(C#N)c2c(c1)CCN2C(C)=O. The van der Waals surface area contributed by atoms with E-state index in [0.29, 0.717) is 18.2 Å². The quantitative estimate of drug-likeness (QED) is 0.895. The first-order chi connectivity index (χ1) is 9.06. The van der Waals surface area contributed by atoms with Crippen LogP contribution in [0.25, 0.3) is 0 Å². The van der Waals surface area contributed by atoms with Crippen molar-refractivity contribution in [2.45, 2.75) is 32.7 Å². The zero-order valence-electron chi connectivity index (χ0n) is 11.7. The molecule has 1 aliphatic heterocycles. The highest BCUT2D eigenvalue weighted by molar-refractivity contribution is 5.95. The highest BCUT2D eigenvalue weighted by Gasteiger charge is 2.26. The van der Waals surface area contributed by atoms with Crippen LogP contribution in [0, 0.1) is 11.3 Å². The van der Waals surface area contributed by atoms with Crippen LogP contribution in [0.15, 0.2) is 12.1 Å². The van der Waals surface area contributed by atoms with Gasteiger partial charge in [0.1, 0.15) is 6.07 Å². The number of anilines is 1. The van der Waals surface area contributed by atoms with Gasteiger partial charge < -0.3 is 10.2 Å². The summed E-state index contributed by atoms with van der Waals surface area (Å²) in [5, 5.41) is 12.5. The fraction of sp³-hybridized carbons (Fsp3) is 0.467. The molecule has 0 bridgehead atoms. The molecule has 0 aromatic heterocycles. The van der Waals surface area contributed by atoms with E-state index in [0.717, 1.165) is 29.7 Å². The number of amides is 1. The van der Waals surface area contributed by atoms with E-state index in [9.17, 15) is 10.1 Å². The van der Waals surface area contributed by atoms with Crippen LogP contribution in [-0.4, -0.2) is 25.5 Å². The van der Waals surface area contributed by atoms with Gasteiger partial charge in [0.25, 0.3) is 0 Å². The molecule has 0 fully saturated rings. The van der Waals surface area contributed by atoms with E-state index >= 15 is 0 Å². The maximum atomic E-state index is 11.6. The van der Waals surface area contributed by atoms with Gasteiger partial charge in [-0.1, -0.05) is 6.07 Å². The van der Waals surface area contributed by atoms with Gasteiger partial charge in [0, 0.05) is 19.5 Å². The topological polar surface area (TPSA) is 56.1 Å². The summed E-state index contributed by atoms with van der Waals surface area (Å²) in [5.74, 6) is 0.00610. The molecule has 1 aromatic rings. The van der Waals surface area contributed by atoms with Crippen molar-refractivity contribution in [1.82, 2.24) is 5.32 Å². The summed E-state index contributed by atoms with van der Waals surface area (Å²) in [6.07, 6.45) is 1.73. The lowest BCUT2D eigenvalue weighted by molar-refractivity contribution is -0.116. The van der Waals surface area contributed by atoms with Gasteiger partial charge in [-0.3, -0.25) is 4.79 Å². The highest BCUT2D eigenvalue weighted by atomic mass is 16.2. The maximum absolute atomic E-state index is 11.6. The predicted octanol–water partition coefficient (Wildman–Crippen LogP) is 1.62. The fourth-order valence-corrected chi connectivity index (χ4v) is 2.59. The molecule has 0 aliphatic carbocycles. The Morgan fingerprint density at radius 1 is 1.58 bits per heavy atom. The standard InChI is InChI=1S/C15H19N3O/c1-10(17-3)6-12-7-13-4-5-18(11(2)19)15(13)14(8-12)9-16/h7-8,10,17H,4-6H2,1-3H3. The van der Waals surface area contributed by atoms with Gasteiger partial charge in [-0.2, -0.15) is 5.26 Å². The van der Waals surface area contributed by atoms with Crippen molar-refractivity contribution in [1.29, 1.82) is 5.26 Å². The van der Waals surface area contributed by atoms with Gasteiger partial charge in [-0.05, 0) is 44.0 Å². The molecule has 1 aromatic carbocycles. The molecule has 1 atom stereocenters. The number of likely N-dealkylation sites (N-methyl/N-ethyl adjacent to an activating group) is 1. The average molecular weight is 257 g/mol. The molecular formula is C15H19N3O. The fourth-order valence-electron chi connectivity index (χ4n) is 2.59. The second-order valence-electron chi connectivity index (χ2n) is 5.08. The van der Waals surface area contributed by atoms with Gasteiger partial charge in [-0.25, -0.2) is 0 Å². The zero-order chi connectivity index (χ0) is 14.0. The maximum Gasteiger partial charge on any atom is 0.223 e. The van der Waals surface area contributed by atoms with E-state index < -0.39 is 0 Å². The first kappa shape index (κ1) is 13.6. The third-order valence-electron chi connectivity index (χ3n) is 3.66. The molecular weight excluding hydrogens is 238 g/mol. The first-order valence-electron chi connectivity index (χ1n) is 6.58. The first-order valence-corrected chi connectivity index (χ1v) is 6.58. The summed E-state index contributed by atoms with van der Waals surface area (Å²) in [7, 11) is 1.93. The Labute approximate surface area is 114 Å². The number of benzene rings is 1. The minimum absolute atomic E-state index is 0.00610. The van der Waals surface area contributed by atoms with Crippen LogP contribution in [0.3, 0.4) is 0 Å². The van der Waals surface area contributed by atoms with Crippen molar-refractivity contribution in [3.8, 4) is 6.07 Å². The Balaban J connectivity index is 2.41. The van der Waals surface area contributed by atoms with Crippen molar-refractivity contribution in [2.75, 3.05) is 18.5 Å². The summed E-state index contributed by atoms with van der Waals surface area (Å²) < 4.78 is 0. The summed E-state index contributed by atoms with van der Waals surface area (Å²) in [6.45, 7) is 4.35. The highest BCUT2D eigenvalue weighted by Crippen LogP contribution is 2.33. The van der Waals surface area contributed by atoms with E-state index in [4.69, 9.17) is 0 Å². The number of hydrogen-bond acceptors (Lipinski definition) is 3. The molecule has 0 spiro atoms. The second-order valence-corrected chi connectivity index (χ2v) is 5.08. The van der Waals surface area contributed by atoms with E-state index in [1.165, 1.54) is 0 Å². The number of rotatable bonds is 3. The molecule has 1 N–H and O–H groups in total. The predicted molar refractivity (Wildman–Crippen MR) is 75.1 cm³/mol. The van der Waals surface area contributed by atoms with Crippen molar-refractivity contribution >= 4 is 11.6 Å². The molecule has 19 heavy (non-hydrogen) atoms. The summed E-state index contributed by atoms with van der Waals surface area (Å²) in [4.78, 5) is 13.3. The second kappa shape index (κ2) is 5.41. The van der Waals surface area contributed by atoms with Crippen LogP contribution < -0.4 is 10.2 Å². The summed E-state index contributed by atoms with van der Waals surface area (Å²) in [6, 6.07) is 6.64. The number of carbonyl (C=O) groups excluding carboxylic acids is 1. The minimum Gasteiger partial charge on any atom is -0.317 e. The van der Waals surface area contributed by atoms with Gasteiger partial charge >= 0.3 is 0 Å². The normalized spacial score (nSPS) is 14.9. The van der Waals surface area contributed by atoms with Crippen LogP contribution in [-0.2, 0) is 17.6 Å². The zero-order valence-corrected chi connectivity index (χ0v) is 11.7. The Kier molecular flexibility index (Phi) is 3.87. The molecule has 0 radical (unpaired) electrons. The molecule has 2 rings (SSSR count). The van der Waals surface area contributed by atoms with Gasteiger partial charge in [0.2, 0.25) is 5.91 Å². The van der Waals surface area contributed by atoms with Crippen molar-refractivity contribution < 1.29 is 4.79 Å². The van der Waals surface area contributed by atoms with Crippen molar-refractivity contribution in [3.63, 3.8) is 0 Å². The van der Waals surface area contributed by atoms with Crippen LogP contribution in [0.4, 0.5) is 5.69 Å². The van der Waals surface area contributed by atoms with Gasteiger partial charge in [0.05, 0.1) is 11.3 Å². The summed E-state index contributed by atoms with van der Waals surface area (Å²) in [5.41, 5.74) is 3.70. The summed E-state index contributed by atoms with van der Waals surface area (Å²) >= 11 is 0. The van der Waals surface area contributed by atoms with Crippen molar-refractivity contribution in [3.05, 3.63) is 28.8 Å². The number of fused-ring (bicyclic) bond motifs is 1. The number of nitrogens with zero attached hydrogens (tertiary/aromatic N) is 2. The molecule has 1 unspecified atom stereocenters. The number of carbonyl (C=O) groups is 1. The average Bonchev–Trinajstić information content (AvgIpc) is 2.81. The van der Waals surface area contributed by atoms with E-state index in [-0.39, 0.29) is 5.91 Å². The monoisotopic (exact) mass is 257 g/mol. The number of hydrogen-bond donors (Lipinski definition) is 1. The van der Waals surface area contributed by atoms with Crippen LogP contribution in [0.2, 0.25) is 0 Å². The molecule has 1 amide bonds. The molecule has 1 aliphatic rings. The van der Waals surface area contributed by atoms with E-state index in [2.05, 4.69) is 24.4 Å². The molecule has 0 saturated heterocycles. The third-order valence-corrected chi connectivity index (χ3v) is 3.66. The lowest BCUT2D eigenvalue weighted by Crippen LogP contribution is -2.26. The van der Waals surface area contributed by atoms with Crippen LogP contribution in [0.1, 0.15) is 30.5 Å². The molecule has 4 heteroatoms. The number of nitrogens with one attached hydrogen (secondary N) is 1. The Morgan fingerprint density at radius 2 is 2.32 bits per heavy atom. The van der Waals surface area contributed by atoms with Gasteiger partial charge in [-0.15, -0.1) is 0 Å². The molecule has 0 saturated carbocycles. The molecule has 4 nitrogen and oxygen atoms in total. The molecule has 1 heterocycles. The van der Waals surface area contributed by atoms with Crippen LogP contribution >= 0.6 is 0 Å².